The maximum Gasteiger partial charge on any atom is 0.177 e. The minimum Gasteiger partial charge on any atom is -0.497 e. The van der Waals surface area contributed by atoms with E-state index in [9.17, 15) is 0 Å². The molecule has 1 aliphatic heterocycles. The summed E-state index contributed by atoms with van der Waals surface area (Å²) in [5, 5.41) is 3.55. The molecule has 0 N–H and O–H groups in total. The highest BCUT2D eigenvalue weighted by Crippen LogP contribution is 2.15. The quantitative estimate of drug-likeness (QED) is 0.354. The highest BCUT2D eigenvalue weighted by Gasteiger charge is 2.15. The predicted octanol–water partition coefficient (Wildman–Crippen LogP) is 2.80. The number of rotatable bonds is 5. The Morgan fingerprint density at radius 1 is 1.37 bits per heavy atom. The van der Waals surface area contributed by atoms with Crippen molar-refractivity contribution < 1.29 is 14.2 Å². The summed E-state index contributed by atoms with van der Waals surface area (Å²) >= 11 is 0. The van der Waals surface area contributed by atoms with E-state index in [0.29, 0.717) is 13.2 Å². The van der Waals surface area contributed by atoms with Crippen molar-refractivity contribution in [3.05, 3.63) is 52.4 Å². The smallest absolute Gasteiger partial charge is 0.177 e. The average molecular weight is 261 g/mol. The third-order valence-corrected chi connectivity index (χ3v) is 2.69. The SMILES string of the molecule is COc1ccc(CO[C@H]2C=C[C@@H](N=[N+]=[N-])CO2)cc1. The molecule has 0 unspecified atom stereocenters. The molecule has 0 radical (unpaired) electrons. The highest BCUT2D eigenvalue weighted by atomic mass is 16.7. The van der Waals surface area contributed by atoms with Crippen LogP contribution in [-0.2, 0) is 16.1 Å². The Labute approximate surface area is 111 Å². The van der Waals surface area contributed by atoms with Crippen molar-refractivity contribution >= 4 is 0 Å². The number of ether oxygens (including phenoxy) is 3. The maximum atomic E-state index is 8.31. The molecule has 100 valence electrons. The number of methoxy groups -OCH3 is 1. The molecule has 0 saturated carbocycles. The van der Waals surface area contributed by atoms with E-state index in [4.69, 9.17) is 19.7 Å². The largest absolute Gasteiger partial charge is 0.497 e. The van der Waals surface area contributed by atoms with Gasteiger partial charge >= 0.3 is 0 Å². The Morgan fingerprint density at radius 2 is 2.16 bits per heavy atom. The van der Waals surface area contributed by atoms with Crippen LogP contribution in [0, 0.1) is 0 Å². The number of azide groups is 1. The molecular formula is C13H15N3O3. The lowest BCUT2D eigenvalue weighted by Gasteiger charge is -2.21. The van der Waals surface area contributed by atoms with Gasteiger partial charge in [0.2, 0.25) is 0 Å². The van der Waals surface area contributed by atoms with Crippen LogP contribution in [0.15, 0.2) is 41.5 Å². The van der Waals surface area contributed by atoms with Gasteiger partial charge in [0.15, 0.2) is 6.29 Å². The topological polar surface area (TPSA) is 76.5 Å². The second-order valence-corrected chi connectivity index (χ2v) is 4.02. The van der Waals surface area contributed by atoms with Crippen molar-refractivity contribution in [2.75, 3.05) is 13.7 Å². The van der Waals surface area contributed by atoms with Crippen LogP contribution >= 0.6 is 0 Å². The van der Waals surface area contributed by atoms with E-state index in [2.05, 4.69) is 10.0 Å². The van der Waals surface area contributed by atoms with Crippen LogP contribution in [0.5, 0.6) is 5.75 Å². The summed E-state index contributed by atoms with van der Waals surface area (Å²) in [7, 11) is 1.63. The van der Waals surface area contributed by atoms with Gasteiger partial charge in [0.05, 0.1) is 26.4 Å². The maximum absolute atomic E-state index is 8.31. The Hall–Kier alpha value is -2.01. The molecule has 0 spiro atoms. The third kappa shape index (κ3) is 3.99. The van der Waals surface area contributed by atoms with Crippen molar-refractivity contribution in [3.63, 3.8) is 0 Å². The van der Waals surface area contributed by atoms with Gasteiger partial charge in [-0.1, -0.05) is 23.3 Å². The molecule has 1 aromatic carbocycles. The summed E-state index contributed by atoms with van der Waals surface area (Å²) in [5.41, 5.74) is 9.34. The van der Waals surface area contributed by atoms with E-state index in [1.165, 1.54) is 0 Å². The predicted molar refractivity (Wildman–Crippen MR) is 69.6 cm³/mol. The van der Waals surface area contributed by atoms with Gasteiger partial charge in [-0.3, -0.25) is 0 Å². The van der Waals surface area contributed by atoms with E-state index in [0.717, 1.165) is 11.3 Å². The summed E-state index contributed by atoms with van der Waals surface area (Å²) in [6.45, 7) is 0.791. The van der Waals surface area contributed by atoms with Crippen LogP contribution in [0.3, 0.4) is 0 Å². The highest BCUT2D eigenvalue weighted by molar-refractivity contribution is 5.26. The van der Waals surface area contributed by atoms with E-state index in [-0.39, 0.29) is 6.04 Å². The molecule has 1 aliphatic rings. The van der Waals surface area contributed by atoms with Crippen molar-refractivity contribution in [2.24, 2.45) is 5.11 Å². The average Bonchev–Trinajstić information content (AvgIpc) is 2.47. The molecule has 0 amide bonds. The fraction of sp³-hybridized carbons (Fsp3) is 0.385. The minimum atomic E-state index is -0.396. The van der Waals surface area contributed by atoms with Gasteiger partial charge in [-0.2, -0.15) is 0 Å². The summed E-state index contributed by atoms with van der Waals surface area (Å²) in [4.78, 5) is 2.74. The van der Waals surface area contributed by atoms with Crippen LogP contribution in [0.1, 0.15) is 5.56 Å². The first-order valence-electron chi connectivity index (χ1n) is 5.90. The fourth-order valence-electron chi connectivity index (χ4n) is 1.67. The van der Waals surface area contributed by atoms with Gasteiger partial charge < -0.3 is 14.2 Å². The van der Waals surface area contributed by atoms with Gasteiger partial charge in [0.1, 0.15) is 5.75 Å². The number of hydrogen-bond donors (Lipinski definition) is 0. The fourth-order valence-corrected chi connectivity index (χ4v) is 1.67. The van der Waals surface area contributed by atoms with E-state index >= 15 is 0 Å². The van der Waals surface area contributed by atoms with Gasteiger partial charge in [-0.05, 0) is 29.3 Å². The van der Waals surface area contributed by atoms with Crippen molar-refractivity contribution in [2.45, 2.75) is 18.9 Å². The number of benzene rings is 1. The third-order valence-electron chi connectivity index (χ3n) is 2.69. The van der Waals surface area contributed by atoms with E-state index in [1.54, 1.807) is 19.3 Å². The van der Waals surface area contributed by atoms with Crippen LogP contribution in [0.2, 0.25) is 0 Å². The zero-order chi connectivity index (χ0) is 13.5. The monoisotopic (exact) mass is 261 g/mol. The molecule has 1 aromatic rings. The second kappa shape index (κ2) is 6.80. The molecule has 0 aliphatic carbocycles. The van der Waals surface area contributed by atoms with Crippen LogP contribution in [-0.4, -0.2) is 26.0 Å². The molecule has 6 heteroatoms. The molecule has 19 heavy (non-hydrogen) atoms. The second-order valence-electron chi connectivity index (χ2n) is 4.02. The standard InChI is InChI=1S/C13H15N3O3/c1-17-12-5-2-10(3-6-12)8-18-13-7-4-11(9-19-13)15-16-14/h2-7,11,13H,8-9H2,1H3/t11-,13-/m1/s1. The molecule has 0 bridgehead atoms. The first-order chi connectivity index (χ1) is 9.31. The Bertz CT molecular complexity index is 480. The Balaban J connectivity index is 1.82. The molecule has 1 heterocycles. The summed E-state index contributed by atoms with van der Waals surface area (Å²) in [6.07, 6.45) is 3.15. The molecule has 0 fully saturated rings. The summed E-state index contributed by atoms with van der Waals surface area (Å²) < 4.78 is 16.1. The van der Waals surface area contributed by atoms with Crippen LogP contribution < -0.4 is 4.74 Å². The normalized spacial score (nSPS) is 21.7. The number of nitrogens with zero attached hydrogens (tertiary/aromatic N) is 3. The van der Waals surface area contributed by atoms with E-state index in [1.807, 2.05) is 24.3 Å². The summed E-state index contributed by atoms with van der Waals surface area (Å²) in [6, 6.07) is 7.40. The lowest BCUT2D eigenvalue weighted by atomic mass is 10.2. The summed E-state index contributed by atoms with van der Waals surface area (Å²) in [5.74, 6) is 0.815. The Morgan fingerprint density at radius 3 is 2.74 bits per heavy atom. The molecule has 6 nitrogen and oxygen atoms in total. The molecule has 0 saturated heterocycles. The van der Waals surface area contributed by atoms with Crippen LogP contribution in [0.25, 0.3) is 10.4 Å². The molecule has 0 aromatic heterocycles. The zero-order valence-corrected chi connectivity index (χ0v) is 10.6. The van der Waals surface area contributed by atoms with Gasteiger partial charge in [-0.25, -0.2) is 0 Å². The first-order valence-corrected chi connectivity index (χ1v) is 5.90. The van der Waals surface area contributed by atoms with Crippen molar-refractivity contribution in [1.82, 2.24) is 0 Å². The molecule has 2 rings (SSSR count). The zero-order valence-electron chi connectivity index (χ0n) is 10.6. The lowest BCUT2D eigenvalue weighted by Crippen LogP contribution is -2.25. The van der Waals surface area contributed by atoms with Gasteiger partial charge in [-0.15, -0.1) is 0 Å². The lowest BCUT2D eigenvalue weighted by molar-refractivity contribution is -0.125. The minimum absolute atomic E-state index is 0.245. The molecular weight excluding hydrogens is 246 g/mol. The van der Waals surface area contributed by atoms with Crippen molar-refractivity contribution in [1.29, 1.82) is 0 Å². The molecule has 2 atom stereocenters. The Kier molecular flexibility index (Phi) is 4.80. The van der Waals surface area contributed by atoms with Gasteiger partial charge in [0.25, 0.3) is 0 Å². The first kappa shape index (κ1) is 13.4. The number of hydrogen-bond acceptors (Lipinski definition) is 4. The van der Waals surface area contributed by atoms with Gasteiger partial charge in [0, 0.05) is 4.91 Å². The van der Waals surface area contributed by atoms with E-state index < -0.39 is 6.29 Å². The van der Waals surface area contributed by atoms with Crippen LogP contribution in [0.4, 0.5) is 0 Å². The van der Waals surface area contributed by atoms with Crippen molar-refractivity contribution in [3.8, 4) is 5.75 Å².